The molecule has 8 heteroatoms. The summed E-state index contributed by atoms with van der Waals surface area (Å²) in [6.45, 7) is 0.562. The molecule has 6 nitrogen and oxygen atoms in total. The fourth-order valence-electron chi connectivity index (χ4n) is 1.04. The molecule has 0 aliphatic carbocycles. The van der Waals surface area contributed by atoms with Crippen LogP contribution in [0.15, 0.2) is 10.9 Å². The molecule has 0 unspecified atom stereocenters. The van der Waals surface area contributed by atoms with Crippen LogP contribution in [0.3, 0.4) is 0 Å². The Morgan fingerprint density at radius 2 is 2.12 bits per heavy atom. The number of hydrogen-bond donors (Lipinski definition) is 2. The maximum Gasteiger partial charge on any atom is 0.229 e. The topological polar surface area (TPSA) is 75.6 Å². The van der Waals surface area contributed by atoms with Gasteiger partial charge in [0.15, 0.2) is 0 Å². The number of halogens is 1. The van der Waals surface area contributed by atoms with Crippen LogP contribution in [0.25, 0.3) is 0 Å². The zero-order valence-corrected chi connectivity index (χ0v) is 10.0. The quantitative estimate of drug-likeness (QED) is 0.866. The van der Waals surface area contributed by atoms with Gasteiger partial charge in [0.2, 0.25) is 17.2 Å². The van der Waals surface area contributed by atoms with Crippen molar-refractivity contribution in [1.82, 2.24) is 19.9 Å². The second-order valence-corrected chi connectivity index (χ2v) is 3.89. The predicted molar refractivity (Wildman–Crippen MR) is 63.8 cm³/mol. The first-order valence-corrected chi connectivity index (χ1v) is 5.80. The molecule has 84 valence electrons. The molecule has 0 aliphatic heterocycles. The molecular weight excluding hydrogens is 248 g/mol. The van der Waals surface area contributed by atoms with Crippen LogP contribution in [0.4, 0.5) is 11.9 Å². The lowest BCUT2D eigenvalue weighted by Gasteiger charge is -2.04. The monoisotopic (exact) mass is 256 g/mol. The SMILES string of the molecule is CNc1nc(Cl)nc(NCc2cscn2)n1. The van der Waals surface area contributed by atoms with Gasteiger partial charge in [0.1, 0.15) is 0 Å². The van der Waals surface area contributed by atoms with Crippen molar-refractivity contribution in [1.29, 1.82) is 0 Å². The van der Waals surface area contributed by atoms with E-state index in [2.05, 4.69) is 30.6 Å². The van der Waals surface area contributed by atoms with E-state index in [1.807, 2.05) is 5.38 Å². The van der Waals surface area contributed by atoms with Crippen LogP contribution in [-0.4, -0.2) is 27.0 Å². The van der Waals surface area contributed by atoms with Gasteiger partial charge in [-0.3, -0.25) is 0 Å². The number of hydrogen-bond acceptors (Lipinski definition) is 7. The number of aromatic nitrogens is 4. The van der Waals surface area contributed by atoms with E-state index in [0.717, 1.165) is 5.69 Å². The van der Waals surface area contributed by atoms with Gasteiger partial charge in [-0.05, 0) is 11.6 Å². The third-order valence-corrected chi connectivity index (χ3v) is 2.55. The highest BCUT2D eigenvalue weighted by molar-refractivity contribution is 7.07. The van der Waals surface area contributed by atoms with Crippen LogP contribution >= 0.6 is 22.9 Å². The highest BCUT2D eigenvalue weighted by Crippen LogP contribution is 2.10. The summed E-state index contributed by atoms with van der Waals surface area (Å²) in [5.74, 6) is 0.859. The van der Waals surface area contributed by atoms with Gasteiger partial charge < -0.3 is 10.6 Å². The highest BCUT2D eigenvalue weighted by Gasteiger charge is 2.03. The van der Waals surface area contributed by atoms with Crippen LogP contribution in [0.1, 0.15) is 5.69 Å². The molecule has 0 saturated heterocycles. The summed E-state index contributed by atoms with van der Waals surface area (Å²) in [6, 6.07) is 0. The summed E-state index contributed by atoms with van der Waals surface area (Å²) in [5, 5.41) is 7.93. The minimum Gasteiger partial charge on any atom is -0.357 e. The molecule has 0 atom stereocenters. The molecular formula is C8H9ClN6S. The maximum absolute atomic E-state index is 5.73. The lowest BCUT2D eigenvalue weighted by molar-refractivity contribution is 0.984. The van der Waals surface area contributed by atoms with Gasteiger partial charge in [0.25, 0.3) is 0 Å². The molecule has 0 aliphatic rings. The lowest BCUT2D eigenvalue weighted by atomic mass is 10.5. The normalized spacial score (nSPS) is 10.1. The first-order valence-electron chi connectivity index (χ1n) is 4.48. The maximum atomic E-state index is 5.73. The van der Waals surface area contributed by atoms with Crippen molar-refractivity contribution in [2.24, 2.45) is 0 Å². The first kappa shape index (κ1) is 11.0. The molecule has 2 aromatic heterocycles. The average molecular weight is 257 g/mol. The molecule has 0 bridgehead atoms. The molecule has 2 aromatic rings. The fraction of sp³-hybridized carbons (Fsp3) is 0.250. The van der Waals surface area contributed by atoms with Gasteiger partial charge >= 0.3 is 0 Å². The van der Waals surface area contributed by atoms with E-state index < -0.39 is 0 Å². The van der Waals surface area contributed by atoms with Gasteiger partial charge in [-0.15, -0.1) is 11.3 Å². The molecule has 0 aromatic carbocycles. The van der Waals surface area contributed by atoms with Crippen LogP contribution in [-0.2, 0) is 6.54 Å². The second-order valence-electron chi connectivity index (χ2n) is 2.83. The van der Waals surface area contributed by atoms with Gasteiger partial charge in [-0.25, -0.2) is 4.98 Å². The van der Waals surface area contributed by atoms with Crippen LogP contribution < -0.4 is 10.6 Å². The summed E-state index contributed by atoms with van der Waals surface area (Å²) in [4.78, 5) is 16.1. The summed E-state index contributed by atoms with van der Waals surface area (Å²) >= 11 is 7.28. The minimum absolute atomic E-state index is 0.153. The van der Waals surface area contributed by atoms with E-state index in [9.17, 15) is 0 Å². The Morgan fingerprint density at radius 3 is 2.81 bits per heavy atom. The molecule has 16 heavy (non-hydrogen) atoms. The molecule has 0 fully saturated rings. The number of thiazole rings is 1. The molecule has 2 heterocycles. The van der Waals surface area contributed by atoms with E-state index in [1.54, 1.807) is 23.9 Å². The Balaban J connectivity index is 2.06. The number of nitrogens with one attached hydrogen (secondary N) is 2. The van der Waals surface area contributed by atoms with E-state index in [0.29, 0.717) is 18.4 Å². The van der Waals surface area contributed by atoms with Gasteiger partial charge in [-0.1, -0.05) is 0 Å². The van der Waals surface area contributed by atoms with Crippen molar-refractivity contribution in [2.45, 2.75) is 6.54 Å². The molecule has 2 rings (SSSR count). The first-order chi connectivity index (χ1) is 7.78. The summed E-state index contributed by atoms with van der Waals surface area (Å²) in [7, 11) is 1.72. The van der Waals surface area contributed by atoms with E-state index in [4.69, 9.17) is 11.6 Å². The summed E-state index contributed by atoms with van der Waals surface area (Å²) < 4.78 is 0. The van der Waals surface area contributed by atoms with Crippen LogP contribution in [0, 0.1) is 0 Å². The largest absolute Gasteiger partial charge is 0.357 e. The number of nitrogens with zero attached hydrogens (tertiary/aromatic N) is 4. The molecule has 0 spiro atoms. The fourth-order valence-corrected chi connectivity index (χ4v) is 1.75. The van der Waals surface area contributed by atoms with Gasteiger partial charge in [0, 0.05) is 12.4 Å². The van der Waals surface area contributed by atoms with Crippen molar-refractivity contribution in [2.75, 3.05) is 17.7 Å². The van der Waals surface area contributed by atoms with E-state index >= 15 is 0 Å². The number of rotatable bonds is 4. The third-order valence-electron chi connectivity index (χ3n) is 1.74. The average Bonchev–Trinajstić information content (AvgIpc) is 2.78. The molecule has 0 radical (unpaired) electrons. The standard InChI is InChI=1S/C8H9ClN6S/c1-10-7-13-6(9)14-8(15-7)11-2-5-3-16-4-12-5/h3-4H,2H2,1H3,(H2,10,11,13,14,15). The van der Waals surface area contributed by atoms with Crippen LogP contribution in [0.2, 0.25) is 5.28 Å². The van der Waals surface area contributed by atoms with Crippen molar-refractivity contribution < 1.29 is 0 Å². The van der Waals surface area contributed by atoms with E-state index in [1.165, 1.54) is 0 Å². The summed E-state index contributed by atoms with van der Waals surface area (Å²) in [6.07, 6.45) is 0. The van der Waals surface area contributed by atoms with Crippen LogP contribution in [0.5, 0.6) is 0 Å². The Labute approximate surface area is 101 Å². The Hall–Kier alpha value is -1.47. The lowest BCUT2D eigenvalue weighted by Crippen LogP contribution is -2.07. The Morgan fingerprint density at radius 1 is 1.31 bits per heavy atom. The Kier molecular flexibility index (Phi) is 3.47. The summed E-state index contributed by atoms with van der Waals surface area (Å²) in [5.41, 5.74) is 2.71. The minimum atomic E-state index is 0.153. The second kappa shape index (κ2) is 5.04. The van der Waals surface area contributed by atoms with Crippen molar-refractivity contribution >= 4 is 34.8 Å². The third kappa shape index (κ3) is 2.77. The predicted octanol–water partition coefficient (Wildman–Crippen LogP) is 1.64. The van der Waals surface area contributed by atoms with Gasteiger partial charge in [0.05, 0.1) is 17.7 Å². The molecule has 0 amide bonds. The zero-order valence-electron chi connectivity index (χ0n) is 8.44. The van der Waals surface area contributed by atoms with Crippen molar-refractivity contribution in [3.63, 3.8) is 0 Å². The van der Waals surface area contributed by atoms with Crippen molar-refractivity contribution in [3.8, 4) is 0 Å². The Bertz CT molecular complexity index is 460. The van der Waals surface area contributed by atoms with Crippen molar-refractivity contribution in [3.05, 3.63) is 21.9 Å². The van der Waals surface area contributed by atoms with E-state index in [-0.39, 0.29) is 5.28 Å². The number of anilines is 2. The highest BCUT2D eigenvalue weighted by atomic mass is 35.5. The smallest absolute Gasteiger partial charge is 0.229 e. The van der Waals surface area contributed by atoms with Gasteiger partial charge in [-0.2, -0.15) is 15.0 Å². The molecule has 2 N–H and O–H groups in total. The molecule has 0 saturated carbocycles. The zero-order chi connectivity index (χ0) is 11.4.